The molecule has 0 spiro atoms. The summed E-state index contributed by atoms with van der Waals surface area (Å²) in [6.07, 6.45) is -1.49. The highest BCUT2D eigenvalue weighted by Crippen LogP contribution is 2.36. The van der Waals surface area contributed by atoms with Gasteiger partial charge in [-0.25, -0.2) is 9.67 Å². The number of aromatic nitrogens is 3. The number of benzene rings is 2. The number of hydrogen-bond acceptors (Lipinski definition) is 5. The largest absolute Gasteiger partial charge is 0.416 e. The van der Waals surface area contributed by atoms with Crippen molar-refractivity contribution in [2.45, 2.75) is 12.7 Å². The second-order valence-corrected chi connectivity index (χ2v) is 7.07. The van der Waals surface area contributed by atoms with E-state index in [9.17, 15) is 18.0 Å². The van der Waals surface area contributed by atoms with Crippen LogP contribution < -0.4 is 10.2 Å². The van der Waals surface area contributed by atoms with E-state index in [-0.39, 0.29) is 5.69 Å². The molecule has 4 rings (SSSR count). The van der Waals surface area contributed by atoms with Crippen molar-refractivity contribution in [1.82, 2.24) is 14.8 Å². The number of rotatable bonds is 5. The molecule has 31 heavy (non-hydrogen) atoms. The molecule has 1 aliphatic heterocycles. The van der Waals surface area contributed by atoms with Gasteiger partial charge in [0.1, 0.15) is 12.7 Å². The van der Waals surface area contributed by atoms with Crippen molar-refractivity contribution in [1.29, 1.82) is 0 Å². The molecule has 2 aromatic carbocycles. The van der Waals surface area contributed by atoms with E-state index in [1.165, 1.54) is 12.4 Å². The first-order valence-corrected chi connectivity index (χ1v) is 9.67. The maximum atomic E-state index is 13.2. The molecule has 1 fully saturated rings. The van der Waals surface area contributed by atoms with Gasteiger partial charge in [0.25, 0.3) is 5.91 Å². The molecule has 0 aliphatic carbocycles. The van der Waals surface area contributed by atoms with Gasteiger partial charge in [0.15, 0.2) is 0 Å². The van der Waals surface area contributed by atoms with Gasteiger partial charge in [-0.15, -0.1) is 0 Å². The lowest BCUT2D eigenvalue weighted by Crippen LogP contribution is -2.36. The summed E-state index contributed by atoms with van der Waals surface area (Å²) in [5.74, 6) is -0.485. The van der Waals surface area contributed by atoms with Gasteiger partial charge in [0.05, 0.1) is 36.7 Å². The minimum atomic E-state index is -4.51. The van der Waals surface area contributed by atoms with Gasteiger partial charge in [-0.3, -0.25) is 4.79 Å². The van der Waals surface area contributed by atoms with E-state index < -0.39 is 17.6 Å². The van der Waals surface area contributed by atoms with Gasteiger partial charge >= 0.3 is 6.18 Å². The van der Waals surface area contributed by atoms with Crippen molar-refractivity contribution in [3.05, 3.63) is 71.8 Å². The smallest absolute Gasteiger partial charge is 0.378 e. The lowest BCUT2D eigenvalue weighted by Gasteiger charge is -2.31. The van der Waals surface area contributed by atoms with Crippen LogP contribution in [0, 0.1) is 0 Å². The molecule has 0 atom stereocenters. The van der Waals surface area contributed by atoms with Crippen molar-refractivity contribution < 1.29 is 22.7 Å². The molecule has 7 nitrogen and oxygen atoms in total. The van der Waals surface area contributed by atoms with Crippen LogP contribution in [0.1, 0.15) is 21.5 Å². The average Bonchev–Trinajstić information content (AvgIpc) is 3.27. The zero-order valence-corrected chi connectivity index (χ0v) is 16.5. The van der Waals surface area contributed by atoms with Crippen LogP contribution in [0.2, 0.25) is 0 Å². The quantitative estimate of drug-likeness (QED) is 0.670. The predicted octanol–water partition coefficient (Wildman–Crippen LogP) is 3.43. The van der Waals surface area contributed by atoms with Crippen LogP contribution in [0.5, 0.6) is 0 Å². The first kappa shape index (κ1) is 20.9. The van der Waals surface area contributed by atoms with Crippen molar-refractivity contribution in [2.24, 2.45) is 0 Å². The zero-order chi connectivity index (χ0) is 21.8. The number of ether oxygens (including phenoxy) is 1. The summed E-state index contributed by atoms with van der Waals surface area (Å²) in [6, 6.07) is 10.2. The van der Waals surface area contributed by atoms with Gasteiger partial charge in [0, 0.05) is 18.7 Å². The molecule has 0 bridgehead atoms. The average molecular weight is 431 g/mol. The summed E-state index contributed by atoms with van der Waals surface area (Å²) >= 11 is 0. The van der Waals surface area contributed by atoms with Crippen LogP contribution in [-0.2, 0) is 17.5 Å². The number of anilines is 2. The van der Waals surface area contributed by atoms with E-state index in [0.29, 0.717) is 44.1 Å². The van der Waals surface area contributed by atoms with Crippen molar-refractivity contribution in [3.8, 4) is 0 Å². The number of carbonyl (C=O) groups is 1. The highest BCUT2D eigenvalue weighted by Gasteiger charge is 2.32. The molecular formula is C21H20F3N5O2. The second-order valence-electron chi connectivity index (χ2n) is 7.07. The minimum absolute atomic E-state index is 0.119. The molecule has 1 N–H and O–H groups in total. The Labute approximate surface area is 176 Å². The van der Waals surface area contributed by atoms with Crippen LogP contribution in [0.25, 0.3) is 0 Å². The van der Waals surface area contributed by atoms with Gasteiger partial charge in [-0.2, -0.15) is 18.3 Å². The summed E-state index contributed by atoms with van der Waals surface area (Å²) in [7, 11) is 0. The van der Waals surface area contributed by atoms with Crippen molar-refractivity contribution in [3.63, 3.8) is 0 Å². The number of nitrogens with zero attached hydrogens (tertiary/aromatic N) is 4. The molecule has 1 aliphatic rings. The fraction of sp³-hybridized carbons (Fsp3) is 0.286. The summed E-state index contributed by atoms with van der Waals surface area (Å²) in [4.78, 5) is 18.6. The highest BCUT2D eigenvalue weighted by molar-refractivity contribution is 6.06. The lowest BCUT2D eigenvalue weighted by atomic mass is 10.1. The van der Waals surface area contributed by atoms with Gasteiger partial charge in [0.2, 0.25) is 0 Å². The lowest BCUT2D eigenvalue weighted by molar-refractivity contribution is -0.137. The van der Waals surface area contributed by atoms with E-state index in [2.05, 4.69) is 15.4 Å². The summed E-state index contributed by atoms with van der Waals surface area (Å²) in [5, 5.41) is 6.68. The molecule has 162 valence electrons. The summed E-state index contributed by atoms with van der Waals surface area (Å²) < 4.78 is 46.7. The molecular weight excluding hydrogens is 411 g/mol. The molecule has 1 amide bonds. The monoisotopic (exact) mass is 431 g/mol. The number of carbonyl (C=O) groups excluding carboxylic acids is 1. The maximum absolute atomic E-state index is 13.2. The maximum Gasteiger partial charge on any atom is 0.416 e. The number of hydrogen-bond donors (Lipinski definition) is 1. The van der Waals surface area contributed by atoms with Crippen LogP contribution in [0.3, 0.4) is 0 Å². The molecule has 1 aromatic heterocycles. The molecule has 3 aromatic rings. The Balaban J connectivity index is 1.55. The van der Waals surface area contributed by atoms with Crippen molar-refractivity contribution in [2.75, 3.05) is 36.5 Å². The molecule has 1 saturated heterocycles. The summed E-state index contributed by atoms with van der Waals surface area (Å²) in [6.45, 7) is 2.51. The van der Waals surface area contributed by atoms with Crippen molar-refractivity contribution >= 4 is 17.3 Å². The summed E-state index contributed by atoms with van der Waals surface area (Å²) in [5.41, 5.74) is 1.09. The van der Waals surface area contributed by atoms with E-state index in [1.54, 1.807) is 35.3 Å². The van der Waals surface area contributed by atoms with E-state index in [4.69, 9.17) is 4.74 Å². The minimum Gasteiger partial charge on any atom is -0.378 e. The van der Waals surface area contributed by atoms with Crippen LogP contribution in [0.4, 0.5) is 24.5 Å². The standard InChI is InChI=1S/C21H20F3N5O2/c22-21(23,24)17-5-6-19(28-7-9-31-10-8-28)18(11-17)27-20(30)16-3-1-15(2-4-16)12-29-14-25-13-26-29/h1-6,11,13-14H,7-10,12H2,(H,27,30). The third-order valence-corrected chi connectivity index (χ3v) is 4.95. The number of morpholine rings is 1. The number of alkyl halides is 3. The van der Waals surface area contributed by atoms with E-state index >= 15 is 0 Å². The Bertz CT molecular complexity index is 1030. The molecule has 2 heterocycles. The highest BCUT2D eigenvalue weighted by atomic mass is 19.4. The second kappa shape index (κ2) is 8.76. The number of halogens is 3. The van der Waals surface area contributed by atoms with E-state index in [1.807, 2.05) is 4.90 Å². The Morgan fingerprint density at radius 1 is 1.10 bits per heavy atom. The van der Waals surface area contributed by atoms with Crippen LogP contribution in [-0.4, -0.2) is 47.0 Å². The predicted molar refractivity (Wildman–Crippen MR) is 108 cm³/mol. The number of amides is 1. The molecule has 0 unspecified atom stereocenters. The Hall–Kier alpha value is -3.40. The van der Waals surface area contributed by atoms with Gasteiger partial charge < -0.3 is 15.0 Å². The topological polar surface area (TPSA) is 72.3 Å². The number of nitrogens with one attached hydrogen (secondary N) is 1. The Kier molecular flexibility index (Phi) is 5.90. The van der Waals surface area contributed by atoms with Gasteiger partial charge in [-0.1, -0.05) is 12.1 Å². The molecule has 10 heteroatoms. The van der Waals surface area contributed by atoms with Crippen LogP contribution in [0.15, 0.2) is 55.1 Å². The molecule has 0 saturated carbocycles. The Morgan fingerprint density at radius 2 is 1.84 bits per heavy atom. The molecule has 0 radical (unpaired) electrons. The van der Waals surface area contributed by atoms with Crippen LogP contribution >= 0.6 is 0 Å². The van der Waals surface area contributed by atoms with Gasteiger partial charge in [-0.05, 0) is 35.9 Å². The fourth-order valence-corrected chi connectivity index (χ4v) is 3.35. The van der Waals surface area contributed by atoms with E-state index in [0.717, 1.165) is 17.7 Å². The SMILES string of the molecule is O=C(Nc1cc(C(F)(F)F)ccc1N1CCOCC1)c1ccc(Cn2cncn2)cc1. The zero-order valence-electron chi connectivity index (χ0n) is 16.5. The first-order chi connectivity index (χ1) is 14.9. The first-order valence-electron chi connectivity index (χ1n) is 9.67. The third kappa shape index (κ3) is 5.02. The fourth-order valence-electron chi connectivity index (χ4n) is 3.35. The third-order valence-electron chi connectivity index (χ3n) is 4.95. The Morgan fingerprint density at radius 3 is 2.48 bits per heavy atom. The normalized spacial score (nSPS) is 14.5.